The average Bonchev–Trinajstić information content (AvgIpc) is 2.94. The van der Waals surface area contributed by atoms with E-state index >= 15 is 0 Å². The van der Waals surface area contributed by atoms with E-state index in [0.29, 0.717) is 17.9 Å². The van der Waals surface area contributed by atoms with Crippen molar-refractivity contribution in [1.82, 2.24) is 5.32 Å². The molecular weight excluding hydrogens is 274 g/mol. The quantitative estimate of drug-likeness (QED) is 0.877. The van der Waals surface area contributed by atoms with Crippen LogP contribution in [0.5, 0.6) is 11.5 Å². The van der Waals surface area contributed by atoms with Crippen LogP contribution in [0.25, 0.3) is 0 Å². The van der Waals surface area contributed by atoms with Gasteiger partial charge in [-0.1, -0.05) is 12.8 Å². The van der Waals surface area contributed by atoms with Gasteiger partial charge in [-0.3, -0.25) is 4.79 Å². The third kappa shape index (κ3) is 3.20. The first-order valence-corrected chi connectivity index (χ1v) is 8.03. The third-order valence-corrected chi connectivity index (χ3v) is 5.39. The van der Waals surface area contributed by atoms with Crippen LogP contribution < -0.4 is 10.1 Å². The lowest BCUT2D eigenvalue weighted by Gasteiger charge is -2.27. The van der Waals surface area contributed by atoms with Crippen LogP contribution >= 0.6 is 11.8 Å². The zero-order valence-corrected chi connectivity index (χ0v) is 12.8. The number of aromatic hydroxyl groups is 1. The van der Waals surface area contributed by atoms with Crippen LogP contribution in [-0.2, 0) is 0 Å². The fraction of sp³-hybridized carbons (Fsp3) is 0.533. The van der Waals surface area contributed by atoms with Crippen LogP contribution in [0.3, 0.4) is 0 Å². The van der Waals surface area contributed by atoms with Gasteiger partial charge in [-0.25, -0.2) is 0 Å². The fourth-order valence-corrected chi connectivity index (χ4v) is 3.55. The van der Waals surface area contributed by atoms with Crippen LogP contribution in [0.1, 0.15) is 36.0 Å². The lowest BCUT2D eigenvalue weighted by Crippen LogP contribution is -2.38. The van der Waals surface area contributed by atoms with Crippen LogP contribution in [0, 0.1) is 0 Å². The van der Waals surface area contributed by atoms with Gasteiger partial charge in [-0.2, -0.15) is 11.8 Å². The van der Waals surface area contributed by atoms with E-state index in [1.165, 1.54) is 26.0 Å². The monoisotopic (exact) mass is 295 g/mol. The molecule has 1 aliphatic rings. The van der Waals surface area contributed by atoms with Crippen molar-refractivity contribution in [3.05, 3.63) is 23.8 Å². The second-order valence-electron chi connectivity index (χ2n) is 5.16. The Morgan fingerprint density at radius 2 is 2.15 bits per heavy atom. The van der Waals surface area contributed by atoms with Crippen molar-refractivity contribution in [2.75, 3.05) is 19.9 Å². The number of phenols is 1. The predicted octanol–water partition coefficient (Wildman–Crippen LogP) is 2.81. The topological polar surface area (TPSA) is 58.6 Å². The molecule has 1 aliphatic carbocycles. The summed E-state index contributed by atoms with van der Waals surface area (Å²) in [7, 11) is 1.52. The number of hydrogen-bond donors (Lipinski definition) is 2. The van der Waals surface area contributed by atoms with Crippen LogP contribution in [0.2, 0.25) is 0 Å². The Kier molecular flexibility index (Phi) is 4.81. The smallest absolute Gasteiger partial charge is 0.255 e. The SMILES string of the molecule is COc1ccc(C(=O)NCC2(SC)CCCC2)c(O)c1. The Bertz CT molecular complexity index is 484. The molecule has 0 aromatic heterocycles. The highest BCUT2D eigenvalue weighted by Gasteiger charge is 2.33. The second kappa shape index (κ2) is 6.39. The molecule has 0 atom stereocenters. The molecule has 0 unspecified atom stereocenters. The molecule has 20 heavy (non-hydrogen) atoms. The molecule has 0 spiro atoms. The third-order valence-electron chi connectivity index (χ3n) is 3.97. The van der Waals surface area contributed by atoms with Crippen molar-refractivity contribution in [3.63, 3.8) is 0 Å². The van der Waals surface area contributed by atoms with Crippen molar-refractivity contribution in [3.8, 4) is 11.5 Å². The number of phenolic OH excluding ortho intramolecular Hbond substituents is 1. The Morgan fingerprint density at radius 1 is 1.45 bits per heavy atom. The number of rotatable bonds is 5. The molecule has 1 saturated carbocycles. The van der Waals surface area contributed by atoms with Crippen molar-refractivity contribution < 1.29 is 14.6 Å². The number of ether oxygens (including phenoxy) is 1. The van der Waals surface area contributed by atoms with Gasteiger partial charge in [0.25, 0.3) is 5.91 Å². The van der Waals surface area contributed by atoms with Gasteiger partial charge in [0.1, 0.15) is 11.5 Å². The fourth-order valence-electron chi connectivity index (χ4n) is 2.64. The zero-order chi connectivity index (χ0) is 14.6. The van der Waals surface area contributed by atoms with E-state index in [4.69, 9.17) is 4.74 Å². The van der Waals surface area contributed by atoms with E-state index in [1.54, 1.807) is 12.1 Å². The largest absolute Gasteiger partial charge is 0.507 e. The maximum absolute atomic E-state index is 12.2. The standard InChI is InChI=1S/C15H21NO3S/c1-19-11-5-6-12(13(17)9-11)14(18)16-10-15(20-2)7-3-4-8-15/h5-6,9,17H,3-4,7-8,10H2,1-2H3,(H,16,18). The molecule has 0 heterocycles. The van der Waals surface area contributed by atoms with E-state index in [2.05, 4.69) is 11.6 Å². The minimum Gasteiger partial charge on any atom is -0.507 e. The van der Waals surface area contributed by atoms with Gasteiger partial charge in [-0.05, 0) is 31.2 Å². The summed E-state index contributed by atoms with van der Waals surface area (Å²) in [6, 6.07) is 4.72. The van der Waals surface area contributed by atoms with E-state index in [-0.39, 0.29) is 16.4 Å². The number of hydrogen-bond acceptors (Lipinski definition) is 4. The number of carbonyl (C=O) groups excluding carboxylic acids is 1. The first-order chi connectivity index (χ1) is 9.60. The lowest BCUT2D eigenvalue weighted by atomic mass is 10.1. The summed E-state index contributed by atoms with van der Waals surface area (Å²) in [6.07, 6.45) is 6.84. The molecule has 0 saturated heterocycles. The molecule has 1 aromatic carbocycles. The molecule has 2 N–H and O–H groups in total. The Labute approximate surface area is 123 Å². The molecule has 110 valence electrons. The van der Waals surface area contributed by atoms with Crippen LogP contribution in [0.4, 0.5) is 0 Å². The van der Waals surface area contributed by atoms with Gasteiger partial charge in [-0.15, -0.1) is 0 Å². The highest BCUT2D eigenvalue weighted by atomic mass is 32.2. The number of nitrogens with one attached hydrogen (secondary N) is 1. The van der Waals surface area contributed by atoms with Gasteiger partial charge < -0.3 is 15.2 Å². The molecule has 5 heteroatoms. The maximum Gasteiger partial charge on any atom is 0.255 e. The second-order valence-corrected chi connectivity index (χ2v) is 6.43. The summed E-state index contributed by atoms with van der Waals surface area (Å²) < 4.78 is 5.17. The lowest BCUT2D eigenvalue weighted by molar-refractivity contribution is 0.0947. The summed E-state index contributed by atoms with van der Waals surface area (Å²) in [6.45, 7) is 0.651. The molecule has 4 nitrogen and oxygen atoms in total. The van der Waals surface area contributed by atoms with Crippen molar-refractivity contribution in [2.24, 2.45) is 0 Å². The molecule has 0 radical (unpaired) electrons. The summed E-state index contributed by atoms with van der Waals surface area (Å²) >= 11 is 1.83. The van der Waals surface area contributed by atoms with Gasteiger partial charge in [0.15, 0.2) is 0 Å². The molecule has 1 aromatic rings. The highest BCUT2D eigenvalue weighted by molar-refractivity contribution is 8.00. The number of methoxy groups -OCH3 is 1. The van der Waals surface area contributed by atoms with Gasteiger partial charge >= 0.3 is 0 Å². The highest BCUT2D eigenvalue weighted by Crippen LogP contribution is 2.39. The number of benzene rings is 1. The number of carbonyl (C=O) groups is 1. The van der Waals surface area contributed by atoms with Gasteiger partial charge in [0.05, 0.1) is 12.7 Å². The Balaban J connectivity index is 2.01. The Morgan fingerprint density at radius 3 is 2.70 bits per heavy atom. The first kappa shape index (κ1) is 15.0. The van der Waals surface area contributed by atoms with Crippen molar-refractivity contribution >= 4 is 17.7 Å². The molecule has 0 aliphatic heterocycles. The van der Waals surface area contributed by atoms with Crippen molar-refractivity contribution in [1.29, 1.82) is 0 Å². The minimum atomic E-state index is -0.231. The molecule has 0 bridgehead atoms. The van der Waals surface area contributed by atoms with Gasteiger partial charge in [0.2, 0.25) is 0 Å². The van der Waals surface area contributed by atoms with Crippen LogP contribution in [0.15, 0.2) is 18.2 Å². The minimum absolute atomic E-state index is 0.0496. The van der Waals surface area contributed by atoms with E-state index < -0.39 is 0 Å². The number of amides is 1. The van der Waals surface area contributed by atoms with Crippen LogP contribution in [-0.4, -0.2) is 35.7 Å². The molecule has 1 fully saturated rings. The van der Waals surface area contributed by atoms with Crippen molar-refractivity contribution in [2.45, 2.75) is 30.4 Å². The zero-order valence-electron chi connectivity index (χ0n) is 11.9. The molecule has 2 rings (SSSR count). The molecule has 1 amide bonds. The molecular formula is C15H21NO3S. The summed E-state index contributed by atoms with van der Waals surface area (Å²) in [5, 5.41) is 12.8. The van der Waals surface area contributed by atoms with Gasteiger partial charge in [0, 0.05) is 17.4 Å². The summed E-state index contributed by atoms with van der Waals surface area (Å²) in [5.41, 5.74) is 0.292. The average molecular weight is 295 g/mol. The summed E-state index contributed by atoms with van der Waals surface area (Å²) in [4.78, 5) is 12.2. The summed E-state index contributed by atoms with van der Waals surface area (Å²) in [5.74, 6) is 0.257. The first-order valence-electron chi connectivity index (χ1n) is 6.80. The Hall–Kier alpha value is -1.36. The van der Waals surface area contributed by atoms with E-state index in [1.807, 2.05) is 11.8 Å². The number of thioether (sulfide) groups is 1. The predicted molar refractivity (Wildman–Crippen MR) is 81.7 cm³/mol. The normalized spacial score (nSPS) is 16.9. The maximum atomic E-state index is 12.2. The van der Waals surface area contributed by atoms with E-state index in [9.17, 15) is 9.90 Å². The van der Waals surface area contributed by atoms with E-state index in [0.717, 1.165) is 12.8 Å².